The molecule has 0 aliphatic carbocycles. The third-order valence-corrected chi connectivity index (χ3v) is 4.91. The fraction of sp³-hybridized carbons (Fsp3) is 0.125. The van der Waals surface area contributed by atoms with Crippen molar-refractivity contribution in [2.24, 2.45) is 0 Å². The maximum absolute atomic E-state index is 13.9. The first-order valence-corrected chi connectivity index (χ1v) is 8.67. The van der Waals surface area contributed by atoms with Crippen LogP contribution < -0.4 is 5.84 Å². The van der Waals surface area contributed by atoms with Crippen molar-refractivity contribution in [2.45, 2.75) is 17.8 Å². The predicted molar refractivity (Wildman–Crippen MR) is 94.0 cm³/mol. The van der Waals surface area contributed by atoms with Gasteiger partial charge in [0, 0.05) is 15.8 Å². The minimum Gasteiger partial charge on any atom is -0.335 e. The van der Waals surface area contributed by atoms with Gasteiger partial charge in [-0.3, -0.25) is 0 Å². The van der Waals surface area contributed by atoms with Crippen LogP contribution in [0.4, 0.5) is 4.39 Å². The van der Waals surface area contributed by atoms with Crippen molar-refractivity contribution in [2.75, 3.05) is 5.84 Å². The molecule has 0 spiro atoms. The number of nitrogens with zero attached hydrogens (tertiary/aromatic N) is 3. The first-order chi connectivity index (χ1) is 11.1. The molecule has 0 amide bonds. The fourth-order valence-corrected chi connectivity index (χ4v) is 3.34. The van der Waals surface area contributed by atoms with Crippen molar-refractivity contribution in [1.82, 2.24) is 14.9 Å². The molecule has 3 rings (SSSR count). The molecule has 7 heteroatoms. The molecule has 0 fully saturated rings. The van der Waals surface area contributed by atoms with Gasteiger partial charge in [-0.1, -0.05) is 58.0 Å². The Balaban J connectivity index is 1.81. The maximum Gasteiger partial charge on any atom is 0.210 e. The van der Waals surface area contributed by atoms with Gasteiger partial charge < -0.3 is 5.84 Å². The Morgan fingerprint density at radius 1 is 1.22 bits per heavy atom. The number of benzene rings is 2. The summed E-state index contributed by atoms with van der Waals surface area (Å²) in [5, 5.41) is 8.82. The number of halogens is 2. The molecule has 23 heavy (non-hydrogen) atoms. The molecule has 0 radical (unpaired) electrons. The van der Waals surface area contributed by atoms with Crippen molar-refractivity contribution in [3.8, 4) is 11.4 Å². The van der Waals surface area contributed by atoms with Crippen molar-refractivity contribution in [3.63, 3.8) is 0 Å². The number of hydrogen-bond acceptors (Lipinski definition) is 4. The summed E-state index contributed by atoms with van der Waals surface area (Å²) in [7, 11) is 0. The number of nitrogen functional groups attached to an aromatic ring is 1. The number of nitrogens with two attached hydrogens (primary N) is 1. The molecule has 1 aromatic heterocycles. The smallest absolute Gasteiger partial charge is 0.210 e. The van der Waals surface area contributed by atoms with Gasteiger partial charge in [0.2, 0.25) is 5.16 Å². The van der Waals surface area contributed by atoms with E-state index in [-0.39, 0.29) is 5.82 Å². The van der Waals surface area contributed by atoms with Gasteiger partial charge in [-0.15, -0.1) is 10.2 Å². The van der Waals surface area contributed by atoms with E-state index >= 15 is 0 Å². The lowest BCUT2D eigenvalue weighted by molar-refractivity contribution is 0.616. The topological polar surface area (TPSA) is 56.7 Å². The summed E-state index contributed by atoms with van der Waals surface area (Å²) < 4.78 is 16.0. The number of thioether (sulfide) groups is 1. The summed E-state index contributed by atoms with van der Waals surface area (Å²) in [6.45, 7) is 1.99. The molecular formula is C16H14BrFN4S. The summed E-state index contributed by atoms with van der Waals surface area (Å²) in [6.07, 6.45) is 0. The third kappa shape index (κ3) is 3.40. The van der Waals surface area contributed by atoms with E-state index in [0.717, 1.165) is 11.1 Å². The van der Waals surface area contributed by atoms with E-state index in [4.69, 9.17) is 5.84 Å². The highest BCUT2D eigenvalue weighted by Crippen LogP contribution is 2.27. The second-order valence-electron chi connectivity index (χ2n) is 5.02. The third-order valence-electron chi connectivity index (χ3n) is 3.42. The zero-order valence-electron chi connectivity index (χ0n) is 12.3. The highest BCUT2D eigenvalue weighted by Gasteiger charge is 2.14. The molecule has 2 N–H and O–H groups in total. The maximum atomic E-state index is 13.9. The first kappa shape index (κ1) is 16.0. The molecule has 0 atom stereocenters. The Bertz CT molecular complexity index is 850. The second-order valence-corrected chi connectivity index (χ2v) is 6.87. The predicted octanol–water partition coefficient (Wildman–Crippen LogP) is 4.16. The Kier molecular flexibility index (Phi) is 4.68. The van der Waals surface area contributed by atoms with E-state index in [2.05, 4.69) is 26.1 Å². The van der Waals surface area contributed by atoms with Crippen molar-refractivity contribution < 1.29 is 4.39 Å². The quantitative estimate of drug-likeness (QED) is 0.534. The molecule has 118 valence electrons. The average molecular weight is 393 g/mol. The van der Waals surface area contributed by atoms with Crippen LogP contribution >= 0.6 is 27.7 Å². The van der Waals surface area contributed by atoms with Crippen LogP contribution in [0.15, 0.2) is 52.1 Å². The summed E-state index contributed by atoms with van der Waals surface area (Å²) in [5.41, 5.74) is 2.60. The Morgan fingerprint density at radius 3 is 2.74 bits per heavy atom. The van der Waals surface area contributed by atoms with E-state index in [9.17, 15) is 4.39 Å². The van der Waals surface area contributed by atoms with Crippen LogP contribution in [0.1, 0.15) is 11.1 Å². The highest BCUT2D eigenvalue weighted by molar-refractivity contribution is 9.10. The van der Waals surface area contributed by atoms with Crippen molar-refractivity contribution in [3.05, 3.63) is 63.9 Å². The van der Waals surface area contributed by atoms with E-state index < -0.39 is 0 Å². The largest absolute Gasteiger partial charge is 0.335 e. The number of aryl methyl sites for hydroxylation is 1. The Morgan fingerprint density at radius 2 is 2.00 bits per heavy atom. The molecule has 2 aromatic carbocycles. The zero-order valence-corrected chi connectivity index (χ0v) is 14.7. The lowest BCUT2D eigenvalue weighted by atomic mass is 10.1. The molecule has 0 saturated carbocycles. The summed E-state index contributed by atoms with van der Waals surface area (Å²) in [6, 6.07) is 12.8. The molecule has 0 aliphatic heterocycles. The van der Waals surface area contributed by atoms with Crippen LogP contribution in [-0.4, -0.2) is 14.9 Å². The second kappa shape index (κ2) is 6.72. The molecule has 0 aliphatic rings. The highest BCUT2D eigenvalue weighted by atomic mass is 79.9. The molecule has 3 aromatic rings. The minimum absolute atomic E-state index is 0.255. The molecule has 1 heterocycles. The van der Waals surface area contributed by atoms with E-state index in [0.29, 0.717) is 26.8 Å². The van der Waals surface area contributed by atoms with Gasteiger partial charge in [-0.25, -0.2) is 9.07 Å². The van der Waals surface area contributed by atoms with E-state index in [1.54, 1.807) is 6.07 Å². The van der Waals surface area contributed by atoms with Crippen LogP contribution in [-0.2, 0) is 5.75 Å². The normalized spacial score (nSPS) is 10.9. The molecule has 0 unspecified atom stereocenters. The van der Waals surface area contributed by atoms with Gasteiger partial charge in [-0.05, 0) is 30.2 Å². The number of hydrogen-bond donors (Lipinski definition) is 1. The Hall–Kier alpha value is -1.86. The first-order valence-electron chi connectivity index (χ1n) is 6.89. The number of rotatable bonds is 4. The van der Waals surface area contributed by atoms with Crippen molar-refractivity contribution in [1.29, 1.82) is 0 Å². The molecule has 0 bridgehead atoms. The lowest BCUT2D eigenvalue weighted by Gasteiger charge is -2.06. The van der Waals surface area contributed by atoms with Crippen LogP contribution in [0, 0.1) is 12.7 Å². The van der Waals surface area contributed by atoms with Crippen LogP contribution in [0.5, 0.6) is 0 Å². The van der Waals surface area contributed by atoms with Gasteiger partial charge in [0.1, 0.15) is 5.82 Å². The molecule has 0 saturated heterocycles. The van der Waals surface area contributed by atoms with Gasteiger partial charge >= 0.3 is 0 Å². The van der Waals surface area contributed by atoms with Crippen molar-refractivity contribution >= 4 is 27.7 Å². The van der Waals surface area contributed by atoms with Crippen LogP contribution in [0.25, 0.3) is 11.4 Å². The van der Waals surface area contributed by atoms with E-state index in [1.165, 1.54) is 22.5 Å². The van der Waals surface area contributed by atoms with Crippen LogP contribution in [0.2, 0.25) is 0 Å². The molecular weight excluding hydrogens is 379 g/mol. The summed E-state index contributed by atoms with van der Waals surface area (Å²) in [5.74, 6) is 6.88. The standard InChI is InChI=1S/C16H14BrFN4S/c1-10-4-2-3-5-13(10)15-20-21-16(22(15)19)23-9-11-6-7-12(17)8-14(11)18/h2-8H,9,19H2,1H3. The number of aromatic nitrogens is 3. The Labute approximate surface area is 146 Å². The minimum atomic E-state index is -0.255. The zero-order chi connectivity index (χ0) is 16.4. The monoisotopic (exact) mass is 392 g/mol. The van der Waals surface area contributed by atoms with Crippen LogP contribution in [0.3, 0.4) is 0 Å². The SMILES string of the molecule is Cc1ccccc1-c1nnc(SCc2ccc(Br)cc2F)n1N. The van der Waals surface area contributed by atoms with E-state index in [1.807, 2.05) is 37.3 Å². The lowest BCUT2D eigenvalue weighted by Crippen LogP contribution is -2.12. The van der Waals surface area contributed by atoms with Gasteiger partial charge in [0.25, 0.3) is 0 Å². The average Bonchev–Trinajstić information content (AvgIpc) is 2.88. The van der Waals surface area contributed by atoms with Gasteiger partial charge in [0.05, 0.1) is 0 Å². The summed E-state index contributed by atoms with van der Waals surface area (Å²) in [4.78, 5) is 0. The fourth-order valence-electron chi connectivity index (χ4n) is 2.16. The van der Waals surface area contributed by atoms with Gasteiger partial charge in [-0.2, -0.15) is 0 Å². The van der Waals surface area contributed by atoms with Gasteiger partial charge in [0.15, 0.2) is 5.82 Å². The summed E-state index contributed by atoms with van der Waals surface area (Å²) >= 11 is 4.60. The molecule has 4 nitrogen and oxygen atoms in total.